The quantitative estimate of drug-likeness (QED) is 0.906. The standard InChI is InChI=1S/C14H23N3S/c1-10(2)17-7-6-14(9-17,16-12-4-5-12)13-15-11(3)8-18-13/h8,10,12,16H,4-7,9H2,1-3H3. The summed E-state index contributed by atoms with van der Waals surface area (Å²) in [5.74, 6) is 0. The number of likely N-dealkylation sites (tertiary alicyclic amines) is 1. The highest BCUT2D eigenvalue weighted by Gasteiger charge is 2.45. The summed E-state index contributed by atoms with van der Waals surface area (Å²) >= 11 is 1.83. The molecule has 2 aliphatic rings. The first kappa shape index (κ1) is 12.6. The third kappa shape index (κ3) is 2.33. The van der Waals surface area contributed by atoms with E-state index in [1.54, 1.807) is 0 Å². The fraction of sp³-hybridized carbons (Fsp3) is 0.786. The fourth-order valence-corrected chi connectivity index (χ4v) is 3.81. The Labute approximate surface area is 114 Å². The van der Waals surface area contributed by atoms with Crippen molar-refractivity contribution >= 4 is 11.3 Å². The first-order chi connectivity index (χ1) is 8.59. The second-order valence-corrected chi connectivity index (χ2v) is 6.97. The first-order valence-electron chi connectivity index (χ1n) is 7.03. The molecule has 1 saturated heterocycles. The lowest BCUT2D eigenvalue weighted by atomic mass is 9.99. The summed E-state index contributed by atoms with van der Waals surface area (Å²) in [4.78, 5) is 7.34. The van der Waals surface area contributed by atoms with E-state index in [4.69, 9.17) is 4.98 Å². The van der Waals surface area contributed by atoms with Crippen molar-refractivity contribution in [2.24, 2.45) is 0 Å². The van der Waals surface area contributed by atoms with E-state index < -0.39 is 0 Å². The molecule has 0 radical (unpaired) electrons. The van der Waals surface area contributed by atoms with Gasteiger partial charge in [0.25, 0.3) is 0 Å². The summed E-state index contributed by atoms with van der Waals surface area (Å²) in [7, 11) is 0. The maximum atomic E-state index is 4.77. The maximum Gasteiger partial charge on any atom is 0.114 e. The van der Waals surface area contributed by atoms with Gasteiger partial charge in [-0.1, -0.05) is 0 Å². The largest absolute Gasteiger partial charge is 0.301 e. The molecule has 2 fully saturated rings. The van der Waals surface area contributed by atoms with Crippen LogP contribution < -0.4 is 5.32 Å². The molecule has 1 atom stereocenters. The fourth-order valence-electron chi connectivity index (χ4n) is 2.83. The lowest BCUT2D eigenvalue weighted by Crippen LogP contribution is -2.46. The van der Waals surface area contributed by atoms with Crippen molar-refractivity contribution in [3.8, 4) is 0 Å². The Kier molecular flexibility index (Phi) is 3.20. The van der Waals surface area contributed by atoms with Crippen molar-refractivity contribution in [2.75, 3.05) is 13.1 Å². The van der Waals surface area contributed by atoms with Crippen LogP contribution in [-0.4, -0.2) is 35.1 Å². The zero-order valence-electron chi connectivity index (χ0n) is 11.6. The average Bonchev–Trinajstić information content (AvgIpc) is 2.85. The van der Waals surface area contributed by atoms with Crippen LogP contribution in [0.4, 0.5) is 0 Å². The average molecular weight is 265 g/mol. The van der Waals surface area contributed by atoms with Gasteiger partial charge in [0.1, 0.15) is 5.01 Å². The molecule has 1 aliphatic carbocycles. The van der Waals surface area contributed by atoms with E-state index in [0.717, 1.165) is 18.3 Å². The van der Waals surface area contributed by atoms with Gasteiger partial charge in [0.05, 0.1) is 5.54 Å². The van der Waals surface area contributed by atoms with Gasteiger partial charge in [-0.15, -0.1) is 11.3 Å². The van der Waals surface area contributed by atoms with Crippen LogP contribution in [0.1, 0.15) is 43.8 Å². The molecule has 0 amide bonds. The van der Waals surface area contributed by atoms with Crippen molar-refractivity contribution in [3.05, 3.63) is 16.1 Å². The second kappa shape index (κ2) is 4.58. The number of nitrogens with one attached hydrogen (secondary N) is 1. The van der Waals surface area contributed by atoms with Gasteiger partial charge in [-0.3, -0.25) is 4.90 Å². The van der Waals surface area contributed by atoms with Crippen molar-refractivity contribution < 1.29 is 0 Å². The summed E-state index contributed by atoms with van der Waals surface area (Å²) in [6, 6.07) is 1.37. The Hall–Kier alpha value is -0.450. The molecule has 0 spiro atoms. The van der Waals surface area contributed by atoms with E-state index in [0.29, 0.717) is 6.04 Å². The van der Waals surface area contributed by atoms with Crippen molar-refractivity contribution in [1.29, 1.82) is 0 Å². The molecule has 1 aromatic rings. The highest BCUT2D eigenvalue weighted by molar-refractivity contribution is 7.09. The number of aromatic nitrogens is 1. The lowest BCUT2D eigenvalue weighted by Gasteiger charge is -2.30. The molecule has 100 valence electrons. The first-order valence-corrected chi connectivity index (χ1v) is 7.91. The number of nitrogens with zero attached hydrogens (tertiary/aromatic N) is 2. The molecule has 4 heteroatoms. The monoisotopic (exact) mass is 265 g/mol. The van der Waals surface area contributed by atoms with Crippen LogP contribution >= 0.6 is 11.3 Å². The Morgan fingerprint density at radius 2 is 2.28 bits per heavy atom. The van der Waals surface area contributed by atoms with E-state index in [9.17, 15) is 0 Å². The van der Waals surface area contributed by atoms with Gasteiger partial charge >= 0.3 is 0 Å². The Bertz CT molecular complexity index is 424. The van der Waals surface area contributed by atoms with Gasteiger partial charge in [0.2, 0.25) is 0 Å². The van der Waals surface area contributed by atoms with Gasteiger partial charge in [-0.05, 0) is 40.0 Å². The Morgan fingerprint density at radius 1 is 1.50 bits per heavy atom. The van der Waals surface area contributed by atoms with Crippen molar-refractivity contribution in [1.82, 2.24) is 15.2 Å². The van der Waals surface area contributed by atoms with E-state index in [2.05, 4.69) is 36.4 Å². The molecule has 18 heavy (non-hydrogen) atoms. The minimum Gasteiger partial charge on any atom is -0.301 e. The number of hydrogen-bond acceptors (Lipinski definition) is 4. The third-order valence-electron chi connectivity index (χ3n) is 4.12. The minimum atomic E-state index is 0.129. The molecule has 2 heterocycles. The van der Waals surface area contributed by atoms with Crippen LogP contribution in [-0.2, 0) is 5.54 Å². The SMILES string of the molecule is Cc1csc(C2(NC3CC3)CCN(C(C)C)C2)n1. The molecule has 1 saturated carbocycles. The van der Waals surface area contributed by atoms with Gasteiger partial charge in [-0.2, -0.15) is 0 Å². The van der Waals surface area contributed by atoms with E-state index in [1.807, 2.05) is 11.3 Å². The topological polar surface area (TPSA) is 28.2 Å². The summed E-state index contributed by atoms with van der Waals surface area (Å²) in [5, 5.41) is 7.37. The van der Waals surface area contributed by atoms with Gasteiger partial charge < -0.3 is 5.32 Å². The van der Waals surface area contributed by atoms with Crippen LogP contribution in [0.25, 0.3) is 0 Å². The predicted molar refractivity (Wildman–Crippen MR) is 76.0 cm³/mol. The molecule has 1 aliphatic heterocycles. The van der Waals surface area contributed by atoms with Crippen LogP contribution in [0, 0.1) is 6.92 Å². The van der Waals surface area contributed by atoms with Crippen molar-refractivity contribution in [3.63, 3.8) is 0 Å². The summed E-state index contributed by atoms with van der Waals surface area (Å²) in [5.41, 5.74) is 1.29. The molecular weight excluding hydrogens is 242 g/mol. The summed E-state index contributed by atoms with van der Waals surface area (Å²) < 4.78 is 0. The van der Waals surface area contributed by atoms with Crippen LogP contribution in [0.5, 0.6) is 0 Å². The highest BCUT2D eigenvalue weighted by Crippen LogP contribution is 2.38. The number of aryl methyl sites for hydroxylation is 1. The Morgan fingerprint density at radius 3 is 2.78 bits per heavy atom. The lowest BCUT2D eigenvalue weighted by molar-refractivity contribution is 0.238. The molecule has 0 bridgehead atoms. The molecule has 1 N–H and O–H groups in total. The van der Waals surface area contributed by atoms with E-state index in [1.165, 1.54) is 30.8 Å². The Balaban J connectivity index is 1.85. The number of rotatable bonds is 4. The smallest absolute Gasteiger partial charge is 0.114 e. The zero-order valence-corrected chi connectivity index (χ0v) is 12.4. The van der Waals surface area contributed by atoms with Crippen LogP contribution in [0.2, 0.25) is 0 Å². The summed E-state index contributed by atoms with van der Waals surface area (Å²) in [6.07, 6.45) is 3.89. The third-order valence-corrected chi connectivity index (χ3v) is 5.28. The molecular formula is C14H23N3S. The molecule has 1 unspecified atom stereocenters. The summed E-state index contributed by atoms with van der Waals surface area (Å²) in [6.45, 7) is 8.99. The minimum absolute atomic E-state index is 0.129. The van der Waals surface area contributed by atoms with Gasteiger partial charge in [-0.25, -0.2) is 4.98 Å². The highest BCUT2D eigenvalue weighted by atomic mass is 32.1. The molecule has 3 rings (SSSR count). The normalized spacial score (nSPS) is 29.3. The number of hydrogen-bond donors (Lipinski definition) is 1. The maximum absolute atomic E-state index is 4.77. The van der Waals surface area contributed by atoms with Gasteiger partial charge in [0.15, 0.2) is 0 Å². The predicted octanol–water partition coefficient (Wildman–Crippen LogP) is 2.51. The van der Waals surface area contributed by atoms with Crippen LogP contribution in [0.3, 0.4) is 0 Å². The van der Waals surface area contributed by atoms with E-state index in [-0.39, 0.29) is 5.54 Å². The molecule has 3 nitrogen and oxygen atoms in total. The van der Waals surface area contributed by atoms with Gasteiger partial charge in [0, 0.05) is 36.2 Å². The second-order valence-electron chi connectivity index (χ2n) is 6.11. The van der Waals surface area contributed by atoms with Crippen LogP contribution in [0.15, 0.2) is 5.38 Å². The van der Waals surface area contributed by atoms with E-state index >= 15 is 0 Å². The van der Waals surface area contributed by atoms with Crippen molar-refractivity contribution in [2.45, 2.75) is 57.7 Å². The zero-order chi connectivity index (χ0) is 12.8. The molecule has 0 aromatic carbocycles. The number of thiazole rings is 1. The molecule has 1 aromatic heterocycles.